The molecule has 5 heteroatoms. The Morgan fingerprint density at radius 1 is 1.35 bits per heavy atom. The molecule has 0 atom stereocenters. The lowest BCUT2D eigenvalue weighted by Gasteiger charge is -2.08. The summed E-state index contributed by atoms with van der Waals surface area (Å²) < 4.78 is 2.04. The molecule has 0 radical (unpaired) electrons. The number of carbonyl (C=O) groups excluding carboxylic acids is 1. The Kier molecular flexibility index (Phi) is 3.96. The molecule has 1 aliphatic rings. The second kappa shape index (κ2) is 5.87. The van der Waals surface area contributed by atoms with Gasteiger partial charge >= 0.3 is 0 Å². The van der Waals surface area contributed by atoms with Gasteiger partial charge < -0.3 is 0 Å². The van der Waals surface area contributed by atoms with Crippen LogP contribution in [0.4, 0.5) is 0 Å². The Bertz CT molecular complexity index is 596. The number of ketones is 1. The van der Waals surface area contributed by atoms with Gasteiger partial charge in [0.1, 0.15) is 5.78 Å². The zero-order chi connectivity index (χ0) is 13.9. The van der Waals surface area contributed by atoms with E-state index in [-0.39, 0.29) is 5.78 Å². The van der Waals surface area contributed by atoms with Crippen LogP contribution in [0, 0.1) is 6.92 Å². The van der Waals surface area contributed by atoms with Crippen LogP contribution in [0.15, 0.2) is 17.6 Å². The second-order valence-electron chi connectivity index (χ2n) is 5.48. The van der Waals surface area contributed by atoms with E-state index in [4.69, 9.17) is 0 Å². The number of rotatable bonds is 5. The molecule has 1 fully saturated rings. The van der Waals surface area contributed by atoms with E-state index in [9.17, 15) is 4.79 Å². The first-order valence-electron chi connectivity index (χ1n) is 7.17. The van der Waals surface area contributed by atoms with Gasteiger partial charge in [0.25, 0.3) is 0 Å². The van der Waals surface area contributed by atoms with Crippen molar-refractivity contribution < 1.29 is 4.79 Å². The molecule has 2 aromatic heterocycles. The first-order valence-corrected chi connectivity index (χ1v) is 8.05. The molecule has 0 N–H and O–H groups in total. The van der Waals surface area contributed by atoms with Crippen molar-refractivity contribution in [3.05, 3.63) is 34.0 Å². The molecular weight excluding hydrogens is 270 g/mol. The van der Waals surface area contributed by atoms with E-state index < -0.39 is 0 Å². The Balaban J connectivity index is 1.58. The quantitative estimate of drug-likeness (QED) is 0.849. The molecule has 106 valence electrons. The van der Waals surface area contributed by atoms with Crippen molar-refractivity contribution in [2.75, 3.05) is 0 Å². The summed E-state index contributed by atoms with van der Waals surface area (Å²) >= 11 is 1.59. The van der Waals surface area contributed by atoms with E-state index in [1.165, 1.54) is 25.7 Å². The number of Topliss-reactive ketones (excluding diaryl/α,β-unsaturated/α-hetero) is 1. The molecular formula is C15H19N3OS. The lowest BCUT2D eigenvalue weighted by atomic mass is 10.1. The molecule has 1 aliphatic carbocycles. The van der Waals surface area contributed by atoms with Crippen LogP contribution in [0.25, 0.3) is 0 Å². The normalized spacial score (nSPS) is 15.8. The minimum absolute atomic E-state index is 0.187. The summed E-state index contributed by atoms with van der Waals surface area (Å²) in [5.41, 5.74) is 1.77. The predicted molar refractivity (Wildman–Crippen MR) is 79.0 cm³/mol. The fourth-order valence-electron chi connectivity index (χ4n) is 2.80. The summed E-state index contributed by atoms with van der Waals surface area (Å²) in [4.78, 5) is 16.4. The number of aromatic nitrogens is 3. The van der Waals surface area contributed by atoms with Crippen LogP contribution in [-0.4, -0.2) is 20.5 Å². The van der Waals surface area contributed by atoms with Crippen LogP contribution in [0.3, 0.4) is 0 Å². The highest BCUT2D eigenvalue weighted by atomic mass is 32.1. The fourth-order valence-corrected chi connectivity index (χ4v) is 3.41. The van der Waals surface area contributed by atoms with Gasteiger partial charge in [-0.2, -0.15) is 5.10 Å². The maximum atomic E-state index is 12.0. The van der Waals surface area contributed by atoms with Crippen molar-refractivity contribution in [3.8, 4) is 0 Å². The van der Waals surface area contributed by atoms with Crippen LogP contribution in [0.2, 0.25) is 0 Å². The van der Waals surface area contributed by atoms with Gasteiger partial charge in [0.05, 0.1) is 28.9 Å². The van der Waals surface area contributed by atoms with Crippen LogP contribution in [0.1, 0.15) is 48.1 Å². The van der Waals surface area contributed by atoms with Gasteiger partial charge in [-0.3, -0.25) is 9.48 Å². The Morgan fingerprint density at radius 3 is 2.80 bits per heavy atom. The lowest BCUT2D eigenvalue weighted by Crippen LogP contribution is -2.09. The largest absolute Gasteiger partial charge is 0.299 e. The van der Waals surface area contributed by atoms with E-state index >= 15 is 0 Å². The number of aryl methyl sites for hydroxylation is 1. The number of hydrogen-bond donors (Lipinski definition) is 0. The topological polar surface area (TPSA) is 47.8 Å². The van der Waals surface area contributed by atoms with Crippen molar-refractivity contribution in [2.24, 2.45) is 0 Å². The number of carbonyl (C=O) groups is 1. The molecule has 2 aromatic rings. The Labute approximate surface area is 122 Å². The summed E-state index contributed by atoms with van der Waals surface area (Å²) in [6, 6.07) is 2.52. The number of hydrogen-bond acceptors (Lipinski definition) is 4. The fraction of sp³-hybridized carbons (Fsp3) is 0.533. The van der Waals surface area contributed by atoms with Crippen molar-refractivity contribution >= 4 is 17.1 Å². The minimum Gasteiger partial charge on any atom is -0.299 e. The summed E-state index contributed by atoms with van der Waals surface area (Å²) in [6.07, 6.45) is 7.87. The molecule has 0 unspecified atom stereocenters. The standard InChI is InChI=1S/C15H19N3OS/c1-11-16-13(10-20-11)9-15(19)8-12-6-7-18(17-12)14-4-2-3-5-14/h6-7,10,14H,2-5,8-9H2,1H3. The smallest absolute Gasteiger partial charge is 0.144 e. The van der Waals surface area contributed by atoms with Crippen molar-refractivity contribution in [1.29, 1.82) is 0 Å². The third kappa shape index (κ3) is 3.15. The van der Waals surface area contributed by atoms with Gasteiger partial charge in [-0.25, -0.2) is 4.98 Å². The van der Waals surface area contributed by atoms with Crippen LogP contribution < -0.4 is 0 Å². The molecule has 0 saturated heterocycles. The number of nitrogens with zero attached hydrogens (tertiary/aromatic N) is 3. The molecule has 0 aliphatic heterocycles. The van der Waals surface area contributed by atoms with E-state index in [1.807, 2.05) is 29.2 Å². The lowest BCUT2D eigenvalue weighted by molar-refractivity contribution is -0.117. The summed E-state index contributed by atoms with van der Waals surface area (Å²) in [5.74, 6) is 0.187. The van der Waals surface area contributed by atoms with Crippen molar-refractivity contribution in [2.45, 2.75) is 51.5 Å². The summed E-state index contributed by atoms with van der Waals surface area (Å²) in [5, 5.41) is 7.53. The molecule has 4 nitrogen and oxygen atoms in total. The van der Waals surface area contributed by atoms with E-state index in [0.717, 1.165) is 16.4 Å². The molecule has 0 bridgehead atoms. The highest BCUT2D eigenvalue weighted by Crippen LogP contribution is 2.28. The van der Waals surface area contributed by atoms with Gasteiger partial charge in [0.15, 0.2) is 0 Å². The number of thiazole rings is 1. The molecule has 3 rings (SSSR count). The first-order chi connectivity index (χ1) is 9.70. The highest BCUT2D eigenvalue weighted by Gasteiger charge is 2.18. The van der Waals surface area contributed by atoms with Crippen LogP contribution in [-0.2, 0) is 17.6 Å². The molecule has 2 heterocycles. The zero-order valence-electron chi connectivity index (χ0n) is 11.7. The van der Waals surface area contributed by atoms with Gasteiger partial charge in [-0.1, -0.05) is 12.8 Å². The monoisotopic (exact) mass is 289 g/mol. The molecule has 0 aromatic carbocycles. The highest BCUT2D eigenvalue weighted by molar-refractivity contribution is 7.09. The second-order valence-corrected chi connectivity index (χ2v) is 6.54. The first kappa shape index (κ1) is 13.5. The predicted octanol–water partition coefficient (Wildman–Crippen LogP) is 3.12. The van der Waals surface area contributed by atoms with Gasteiger partial charge in [0, 0.05) is 18.0 Å². The van der Waals surface area contributed by atoms with Crippen LogP contribution >= 0.6 is 11.3 Å². The SMILES string of the molecule is Cc1nc(CC(=O)Cc2ccn(C3CCCC3)n2)cs1. The third-order valence-electron chi connectivity index (χ3n) is 3.79. The zero-order valence-corrected chi connectivity index (χ0v) is 12.5. The Morgan fingerprint density at radius 2 is 2.10 bits per heavy atom. The van der Waals surface area contributed by atoms with Gasteiger partial charge in [-0.05, 0) is 25.8 Å². The van der Waals surface area contributed by atoms with Gasteiger partial charge in [-0.15, -0.1) is 11.3 Å². The van der Waals surface area contributed by atoms with E-state index in [0.29, 0.717) is 18.9 Å². The van der Waals surface area contributed by atoms with Gasteiger partial charge in [0.2, 0.25) is 0 Å². The Hall–Kier alpha value is -1.49. The molecule has 0 spiro atoms. The van der Waals surface area contributed by atoms with Crippen molar-refractivity contribution in [3.63, 3.8) is 0 Å². The maximum Gasteiger partial charge on any atom is 0.144 e. The minimum atomic E-state index is 0.187. The maximum absolute atomic E-state index is 12.0. The average Bonchev–Trinajstić information content (AvgIpc) is 3.10. The molecule has 1 saturated carbocycles. The molecule has 0 amide bonds. The average molecular weight is 289 g/mol. The summed E-state index contributed by atoms with van der Waals surface area (Å²) in [6.45, 7) is 1.96. The van der Waals surface area contributed by atoms with E-state index in [1.54, 1.807) is 11.3 Å². The third-order valence-corrected chi connectivity index (χ3v) is 4.61. The van der Waals surface area contributed by atoms with Crippen molar-refractivity contribution in [1.82, 2.24) is 14.8 Å². The van der Waals surface area contributed by atoms with Crippen LogP contribution in [0.5, 0.6) is 0 Å². The molecule has 20 heavy (non-hydrogen) atoms. The summed E-state index contributed by atoms with van der Waals surface area (Å²) in [7, 11) is 0. The van der Waals surface area contributed by atoms with E-state index in [2.05, 4.69) is 10.1 Å².